The van der Waals surface area contributed by atoms with Gasteiger partial charge in [-0.15, -0.1) is 0 Å². The highest BCUT2D eigenvalue weighted by Gasteiger charge is 2.25. The lowest BCUT2D eigenvalue weighted by Crippen LogP contribution is -2.17. The molecule has 0 fully saturated rings. The maximum absolute atomic E-state index is 12.8. The fourth-order valence-electron chi connectivity index (χ4n) is 3.12. The van der Waals surface area contributed by atoms with E-state index in [1.807, 2.05) is 0 Å². The minimum atomic E-state index is -3.99. The molecule has 0 saturated heterocycles. The summed E-state index contributed by atoms with van der Waals surface area (Å²) in [5, 5.41) is -0.291. The van der Waals surface area contributed by atoms with Crippen molar-refractivity contribution >= 4 is 44.8 Å². The van der Waals surface area contributed by atoms with Crippen LogP contribution in [0.5, 0.6) is 5.75 Å². The van der Waals surface area contributed by atoms with Gasteiger partial charge in [-0.25, -0.2) is 23.2 Å². The molecule has 0 saturated carbocycles. The maximum atomic E-state index is 12.8. The summed E-state index contributed by atoms with van der Waals surface area (Å²) < 4.78 is 30.9. The molecular formula is C22H18Cl2N2O5S. The first kappa shape index (κ1) is 23.8. The molecule has 7 nitrogen and oxygen atoms in total. The second kappa shape index (κ2) is 9.36. The van der Waals surface area contributed by atoms with Gasteiger partial charge in [-0.2, -0.15) is 0 Å². The van der Waals surface area contributed by atoms with E-state index in [9.17, 15) is 18.0 Å². The Morgan fingerprint density at radius 1 is 1.06 bits per heavy atom. The van der Waals surface area contributed by atoms with Crippen LogP contribution in [0.1, 0.15) is 44.5 Å². The van der Waals surface area contributed by atoms with Gasteiger partial charge in [0.25, 0.3) is 0 Å². The molecule has 3 aromatic rings. The highest BCUT2D eigenvalue weighted by molar-refractivity contribution is 7.90. The van der Waals surface area contributed by atoms with Crippen molar-refractivity contribution in [2.24, 2.45) is 0 Å². The Bertz CT molecular complexity index is 1320. The van der Waals surface area contributed by atoms with Gasteiger partial charge in [-0.05, 0) is 55.7 Å². The average molecular weight is 493 g/mol. The van der Waals surface area contributed by atoms with Crippen LogP contribution in [-0.2, 0) is 15.6 Å². The summed E-state index contributed by atoms with van der Waals surface area (Å²) in [5.74, 6) is -1.65. The van der Waals surface area contributed by atoms with Gasteiger partial charge in [0.05, 0.1) is 22.5 Å². The van der Waals surface area contributed by atoms with Crippen LogP contribution in [-0.4, -0.2) is 30.1 Å². The van der Waals surface area contributed by atoms with E-state index < -0.39 is 32.4 Å². The number of esters is 1. The standard InChI is InChI=1S/C22H18Cl2N2O5S/c1-12-8-13(2)19(14(3)27)18(9-12)31-21(28)20-17(24)10-25-22(26-20)32(29,30)11-15-4-6-16(23)7-5-15/h4-10H,11H2,1-3H3. The number of rotatable bonds is 6. The molecule has 10 heteroatoms. The van der Waals surface area contributed by atoms with Crippen LogP contribution >= 0.6 is 23.2 Å². The van der Waals surface area contributed by atoms with Crippen LogP contribution in [0.25, 0.3) is 0 Å². The quantitative estimate of drug-likeness (QED) is 0.210. The number of ketones is 1. The highest BCUT2D eigenvalue weighted by Crippen LogP contribution is 2.27. The van der Waals surface area contributed by atoms with Gasteiger partial charge in [0.2, 0.25) is 15.0 Å². The molecule has 1 heterocycles. The molecular weight excluding hydrogens is 475 g/mol. The molecule has 0 bridgehead atoms. The number of halogens is 2. The number of aromatic nitrogens is 2. The first-order valence-electron chi connectivity index (χ1n) is 9.32. The Kier molecular flexibility index (Phi) is 6.97. The lowest BCUT2D eigenvalue weighted by atomic mass is 10.0. The summed E-state index contributed by atoms with van der Waals surface area (Å²) in [6.45, 7) is 4.86. The molecule has 0 N–H and O–H groups in total. The summed E-state index contributed by atoms with van der Waals surface area (Å²) >= 11 is 11.9. The zero-order valence-corrected chi connectivity index (χ0v) is 19.7. The van der Waals surface area contributed by atoms with Gasteiger partial charge in [0.15, 0.2) is 11.5 Å². The summed E-state index contributed by atoms with van der Waals surface area (Å²) in [7, 11) is -3.99. The van der Waals surface area contributed by atoms with Crippen molar-refractivity contribution in [1.82, 2.24) is 9.97 Å². The van der Waals surface area contributed by atoms with E-state index in [1.54, 1.807) is 44.2 Å². The SMILES string of the molecule is CC(=O)c1c(C)cc(C)cc1OC(=O)c1nc(S(=O)(=O)Cc2ccc(Cl)cc2)ncc1Cl. The number of benzene rings is 2. The normalized spacial score (nSPS) is 11.3. The maximum Gasteiger partial charge on any atom is 0.364 e. The van der Waals surface area contributed by atoms with Gasteiger partial charge < -0.3 is 4.74 Å². The molecule has 0 aliphatic rings. The Morgan fingerprint density at radius 3 is 2.34 bits per heavy atom. The molecule has 3 rings (SSSR count). The molecule has 0 radical (unpaired) electrons. The van der Waals surface area contributed by atoms with Crippen molar-refractivity contribution in [3.8, 4) is 5.75 Å². The number of aryl methyl sites for hydroxylation is 2. The van der Waals surface area contributed by atoms with Crippen LogP contribution < -0.4 is 4.74 Å². The summed E-state index contributed by atoms with van der Waals surface area (Å²) in [6.07, 6.45) is 1.02. The van der Waals surface area contributed by atoms with Gasteiger partial charge in [0.1, 0.15) is 5.75 Å². The molecule has 0 atom stereocenters. The van der Waals surface area contributed by atoms with Crippen LogP contribution in [0.4, 0.5) is 0 Å². The largest absolute Gasteiger partial charge is 0.421 e. The highest BCUT2D eigenvalue weighted by atomic mass is 35.5. The van der Waals surface area contributed by atoms with Crippen LogP contribution in [0.2, 0.25) is 10.0 Å². The van der Waals surface area contributed by atoms with E-state index in [2.05, 4.69) is 9.97 Å². The topological polar surface area (TPSA) is 103 Å². The summed E-state index contributed by atoms with van der Waals surface area (Å²) in [6, 6.07) is 9.58. The molecule has 1 aromatic heterocycles. The fraction of sp³-hybridized carbons (Fsp3) is 0.182. The lowest BCUT2D eigenvalue weighted by Gasteiger charge is -2.12. The van der Waals surface area contributed by atoms with Crippen LogP contribution in [0.3, 0.4) is 0 Å². The third kappa shape index (κ3) is 5.32. The number of carbonyl (C=O) groups is 2. The molecule has 166 valence electrons. The number of Topliss-reactive ketones (excluding diaryl/α,β-unsaturated/α-hetero) is 1. The third-order valence-electron chi connectivity index (χ3n) is 4.46. The van der Waals surface area contributed by atoms with E-state index in [0.717, 1.165) is 11.8 Å². The molecule has 0 aliphatic heterocycles. The summed E-state index contributed by atoms with van der Waals surface area (Å²) in [5.41, 5.74) is 1.70. The number of nitrogens with zero attached hydrogens (tertiary/aromatic N) is 2. The number of hydrogen-bond acceptors (Lipinski definition) is 7. The zero-order chi connectivity index (χ0) is 23.6. The molecule has 0 spiro atoms. The van der Waals surface area contributed by atoms with E-state index >= 15 is 0 Å². The predicted molar refractivity (Wildman–Crippen MR) is 120 cm³/mol. The minimum absolute atomic E-state index is 0.0419. The van der Waals surface area contributed by atoms with E-state index in [4.69, 9.17) is 27.9 Å². The van der Waals surface area contributed by atoms with Crippen molar-refractivity contribution in [1.29, 1.82) is 0 Å². The average Bonchev–Trinajstić information content (AvgIpc) is 2.68. The van der Waals surface area contributed by atoms with Crippen LogP contribution in [0.15, 0.2) is 47.8 Å². The Labute approximate surface area is 195 Å². The monoisotopic (exact) mass is 492 g/mol. The van der Waals surface area contributed by atoms with Crippen molar-refractivity contribution < 1.29 is 22.7 Å². The zero-order valence-electron chi connectivity index (χ0n) is 17.3. The van der Waals surface area contributed by atoms with Crippen molar-refractivity contribution in [2.75, 3.05) is 0 Å². The Morgan fingerprint density at radius 2 is 1.72 bits per heavy atom. The van der Waals surface area contributed by atoms with Gasteiger partial charge in [0, 0.05) is 5.02 Å². The van der Waals surface area contributed by atoms with Crippen molar-refractivity contribution in [3.05, 3.63) is 80.6 Å². The second-order valence-electron chi connectivity index (χ2n) is 7.14. The molecule has 2 aromatic carbocycles. The number of sulfone groups is 1. The molecule has 32 heavy (non-hydrogen) atoms. The number of ether oxygens (including phenoxy) is 1. The van der Waals surface area contributed by atoms with E-state index in [-0.39, 0.29) is 22.1 Å². The smallest absolute Gasteiger partial charge is 0.364 e. The predicted octanol–water partition coefficient (Wildman–Crippen LogP) is 4.80. The molecule has 0 unspecified atom stereocenters. The van der Waals surface area contributed by atoms with Gasteiger partial charge in [-0.3, -0.25) is 4.79 Å². The third-order valence-corrected chi connectivity index (χ3v) is 6.46. The van der Waals surface area contributed by atoms with Gasteiger partial charge in [-0.1, -0.05) is 41.4 Å². The first-order chi connectivity index (χ1) is 15.0. The van der Waals surface area contributed by atoms with Gasteiger partial charge >= 0.3 is 5.97 Å². The minimum Gasteiger partial charge on any atom is -0.421 e. The molecule has 0 aliphatic carbocycles. The van der Waals surface area contributed by atoms with Crippen LogP contribution in [0, 0.1) is 13.8 Å². The number of hydrogen-bond donors (Lipinski definition) is 0. The number of carbonyl (C=O) groups excluding carboxylic acids is 2. The van der Waals surface area contributed by atoms with Crippen molar-refractivity contribution in [2.45, 2.75) is 31.7 Å². The Balaban J connectivity index is 1.95. The first-order valence-corrected chi connectivity index (χ1v) is 11.7. The Hall–Kier alpha value is -2.81. The lowest BCUT2D eigenvalue weighted by molar-refractivity contribution is 0.0725. The van der Waals surface area contributed by atoms with E-state index in [0.29, 0.717) is 16.1 Å². The molecule has 0 amide bonds. The fourth-order valence-corrected chi connectivity index (χ4v) is 4.62. The second-order valence-corrected chi connectivity index (χ2v) is 9.86. The van der Waals surface area contributed by atoms with Crippen molar-refractivity contribution in [3.63, 3.8) is 0 Å². The van der Waals surface area contributed by atoms with E-state index in [1.165, 1.54) is 13.0 Å². The summed E-state index contributed by atoms with van der Waals surface area (Å²) in [4.78, 5) is 32.4.